The number of hydrogen-bond acceptors (Lipinski definition) is 3. The minimum Gasteiger partial charge on any atom is -0.475 e. The molecule has 0 saturated heterocycles. The minimum atomic E-state index is -0.365. The van der Waals surface area contributed by atoms with E-state index in [-0.39, 0.29) is 5.54 Å². The van der Waals surface area contributed by atoms with Crippen LogP contribution in [0.1, 0.15) is 13.8 Å². The van der Waals surface area contributed by atoms with Gasteiger partial charge in [0.15, 0.2) is 0 Å². The molecule has 90 valence electrons. The van der Waals surface area contributed by atoms with Crippen molar-refractivity contribution in [1.82, 2.24) is 4.98 Å². The number of benzene rings is 1. The van der Waals surface area contributed by atoms with Crippen LogP contribution in [0.15, 0.2) is 34.9 Å². The first-order chi connectivity index (χ1) is 7.97. The molecule has 0 aliphatic rings. The Bertz CT molecular complexity index is 534. The Balaban J connectivity index is 2.38. The molecule has 3 nitrogen and oxygen atoms in total. The summed E-state index contributed by atoms with van der Waals surface area (Å²) in [6, 6.07) is 7.92. The van der Waals surface area contributed by atoms with Crippen LogP contribution in [0, 0.1) is 0 Å². The zero-order chi connectivity index (χ0) is 12.5. The molecule has 0 fully saturated rings. The van der Waals surface area contributed by atoms with Gasteiger partial charge < -0.3 is 10.5 Å². The van der Waals surface area contributed by atoms with Crippen LogP contribution < -0.4 is 10.5 Å². The van der Waals surface area contributed by atoms with Gasteiger partial charge in [0.25, 0.3) is 0 Å². The van der Waals surface area contributed by atoms with E-state index in [2.05, 4.69) is 20.9 Å². The van der Waals surface area contributed by atoms with Crippen molar-refractivity contribution in [3.05, 3.63) is 34.9 Å². The number of aromatic nitrogens is 1. The third kappa shape index (κ3) is 2.96. The standard InChI is InChI=1S/C13H15BrN2O/c1-13(2,15)8-17-12-10-4-3-5-11(14)9(10)6-7-16-12/h3-7H,8,15H2,1-2H3. The van der Waals surface area contributed by atoms with Gasteiger partial charge in [-0.05, 0) is 32.0 Å². The van der Waals surface area contributed by atoms with E-state index < -0.39 is 0 Å². The molecule has 0 aliphatic heterocycles. The lowest BCUT2D eigenvalue weighted by Gasteiger charge is -2.19. The lowest BCUT2D eigenvalue weighted by molar-refractivity contribution is 0.238. The van der Waals surface area contributed by atoms with Crippen molar-refractivity contribution in [2.24, 2.45) is 5.73 Å². The van der Waals surface area contributed by atoms with Crippen molar-refractivity contribution in [2.45, 2.75) is 19.4 Å². The molecule has 17 heavy (non-hydrogen) atoms. The van der Waals surface area contributed by atoms with Crippen LogP contribution >= 0.6 is 15.9 Å². The van der Waals surface area contributed by atoms with E-state index >= 15 is 0 Å². The van der Waals surface area contributed by atoms with Gasteiger partial charge in [-0.25, -0.2) is 4.98 Å². The molecule has 2 aromatic rings. The van der Waals surface area contributed by atoms with Crippen molar-refractivity contribution in [2.75, 3.05) is 6.61 Å². The summed E-state index contributed by atoms with van der Waals surface area (Å²) in [5.74, 6) is 0.627. The molecule has 2 N–H and O–H groups in total. The topological polar surface area (TPSA) is 48.1 Å². The number of hydrogen-bond donors (Lipinski definition) is 1. The van der Waals surface area contributed by atoms with Crippen LogP contribution in [0.4, 0.5) is 0 Å². The SMILES string of the molecule is CC(C)(N)COc1nccc2c(Br)cccc12. The molecule has 0 amide bonds. The molecule has 0 saturated carbocycles. The molecule has 0 radical (unpaired) electrons. The van der Waals surface area contributed by atoms with E-state index in [4.69, 9.17) is 10.5 Å². The van der Waals surface area contributed by atoms with Crippen LogP contribution in [-0.2, 0) is 0 Å². The average molecular weight is 295 g/mol. The third-order valence-corrected chi connectivity index (χ3v) is 2.99. The minimum absolute atomic E-state index is 0.365. The maximum atomic E-state index is 5.90. The average Bonchev–Trinajstić information content (AvgIpc) is 2.26. The Morgan fingerprint density at radius 1 is 1.29 bits per heavy atom. The molecule has 0 bridgehead atoms. The Labute approximate surface area is 109 Å². The van der Waals surface area contributed by atoms with Crippen molar-refractivity contribution in [3.63, 3.8) is 0 Å². The third-order valence-electron chi connectivity index (χ3n) is 2.30. The fourth-order valence-electron chi connectivity index (χ4n) is 1.51. The number of rotatable bonds is 3. The summed E-state index contributed by atoms with van der Waals surface area (Å²) >= 11 is 3.51. The number of nitrogens with two attached hydrogens (primary N) is 1. The van der Waals surface area contributed by atoms with Gasteiger partial charge in [0.2, 0.25) is 5.88 Å². The lowest BCUT2D eigenvalue weighted by Crippen LogP contribution is -2.38. The second-order valence-electron chi connectivity index (χ2n) is 4.73. The fraction of sp³-hybridized carbons (Fsp3) is 0.308. The molecule has 1 aromatic carbocycles. The van der Waals surface area contributed by atoms with Crippen LogP contribution in [0.25, 0.3) is 10.8 Å². The zero-order valence-electron chi connectivity index (χ0n) is 9.90. The first kappa shape index (κ1) is 12.3. The number of nitrogens with zero attached hydrogens (tertiary/aromatic N) is 1. The number of ether oxygens (including phenoxy) is 1. The van der Waals surface area contributed by atoms with E-state index in [0.717, 1.165) is 15.2 Å². The first-order valence-corrected chi connectivity index (χ1v) is 6.21. The Hall–Kier alpha value is -1.13. The summed E-state index contributed by atoms with van der Waals surface area (Å²) in [7, 11) is 0. The maximum Gasteiger partial charge on any atom is 0.221 e. The second kappa shape index (κ2) is 4.63. The molecule has 0 unspecified atom stereocenters. The van der Waals surface area contributed by atoms with Gasteiger partial charge >= 0.3 is 0 Å². The Kier molecular flexibility index (Phi) is 3.35. The highest BCUT2D eigenvalue weighted by molar-refractivity contribution is 9.10. The lowest BCUT2D eigenvalue weighted by atomic mass is 10.1. The number of pyridine rings is 1. The van der Waals surface area contributed by atoms with Gasteiger partial charge in [-0.15, -0.1) is 0 Å². The molecular weight excluding hydrogens is 280 g/mol. The summed E-state index contributed by atoms with van der Waals surface area (Å²) < 4.78 is 6.72. The van der Waals surface area contributed by atoms with E-state index in [9.17, 15) is 0 Å². The van der Waals surface area contributed by atoms with Crippen LogP contribution in [0.2, 0.25) is 0 Å². The van der Waals surface area contributed by atoms with E-state index in [1.54, 1.807) is 6.20 Å². The molecule has 1 heterocycles. The van der Waals surface area contributed by atoms with Gasteiger partial charge in [0, 0.05) is 27.0 Å². The summed E-state index contributed by atoms with van der Waals surface area (Å²) in [5.41, 5.74) is 5.53. The molecule has 0 spiro atoms. The molecule has 4 heteroatoms. The van der Waals surface area contributed by atoms with Crippen LogP contribution in [0.3, 0.4) is 0 Å². The smallest absolute Gasteiger partial charge is 0.221 e. The van der Waals surface area contributed by atoms with Gasteiger partial charge in [-0.2, -0.15) is 0 Å². The maximum absolute atomic E-state index is 5.90. The molecule has 0 atom stereocenters. The molecule has 0 aliphatic carbocycles. The molecular formula is C13H15BrN2O. The van der Waals surface area contributed by atoms with E-state index in [1.807, 2.05) is 38.1 Å². The quantitative estimate of drug-likeness (QED) is 0.946. The summed E-state index contributed by atoms with van der Waals surface area (Å²) in [4.78, 5) is 4.25. The van der Waals surface area contributed by atoms with Crippen molar-refractivity contribution < 1.29 is 4.74 Å². The van der Waals surface area contributed by atoms with Crippen molar-refractivity contribution in [3.8, 4) is 5.88 Å². The largest absolute Gasteiger partial charge is 0.475 e. The highest BCUT2D eigenvalue weighted by atomic mass is 79.9. The van der Waals surface area contributed by atoms with Gasteiger partial charge in [0.1, 0.15) is 6.61 Å². The number of halogens is 1. The predicted molar refractivity (Wildman–Crippen MR) is 73.2 cm³/mol. The van der Waals surface area contributed by atoms with Gasteiger partial charge in [-0.3, -0.25) is 0 Å². The highest BCUT2D eigenvalue weighted by Crippen LogP contribution is 2.29. The van der Waals surface area contributed by atoms with Crippen molar-refractivity contribution in [1.29, 1.82) is 0 Å². The highest BCUT2D eigenvalue weighted by Gasteiger charge is 2.13. The molecule has 1 aromatic heterocycles. The second-order valence-corrected chi connectivity index (χ2v) is 5.58. The monoisotopic (exact) mass is 294 g/mol. The number of fused-ring (bicyclic) bond motifs is 1. The zero-order valence-corrected chi connectivity index (χ0v) is 11.5. The van der Waals surface area contributed by atoms with Crippen molar-refractivity contribution >= 4 is 26.7 Å². The Morgan fingerprint density at radius 2 is 2.06 bits per heavy atom. The molecule has 2 rings (SSSR count). The van der Waals surface area contributed by atoms with Crippen LogP contribution in [0.5, 0.6) is 5.88 Å². The van der Waals surface area contributed by atoms with E-state index in [0.29, 0.717) is 12.5 Å². The summed E-state index contributed by atoms with van der Waals surface area (Å²) in [6.07, 6.45) is 1.74. The van der Waals surface area contributed by atoms with Gasteiger partial charge in [-0.1, -0.05) is 22.0 Å². The predicted octanol–water partition coefficient (Wildman–Crippen LogP) is 3.11. The normalized spacial score (nSPS) is 11.8. The summed E-state index contributed by atoms with van der Waals surface area (Å²) in [5, 5.41) is 2.08. The van der Waals surface area contributed by atoms with E-state index in [1.165, 1.54) is 0 Å². The summed E-state index contributed by atoms with van der Waals surface area (Å²) in [6.45, 7) is 4.29. The fourth-order valence-corrected chi connectivity index (χ4v) is 2.01. The van der Waals surface area contributed by atoms with Gasteiger partial charge in [0.05, 0.1) is 0 Å². The first-order valence-electron chi connectivity index (χ1n) is 5.42. The Morgan fingerprint density at radius 3 is 2.76 bits per heavy atom. The van der Waals surface area contributed by atoms with Crippen LogP contribution in [-0.4, -0.2) is 17.1 Å².